The van der Waals surface area contributed by atoms with Gasteiger partial charge in [0.1, 0.15) is 0 Å². The first-order valence-corrected chi connectivity index (χ1v) is 11.5. The fourth-order valence-electron chi connectivity index (χ4n) is 4.48. The van der Waals surface area contributed by atoms with Crippen LogP contribution in [0.25, 0.3) is 0 Å². The zero-order valence-corrected chi connectivity index (χ0v) is 18.0. The molecule has 2 fully saturated rings. The summed E-state index contributed by atoms with van der Waals surface area (Å²) in [4.78, 5) is 27.1. The first-order chi connectivity index (χ1) is 15.2. The molecule has 2 aromatic rings. The van der Waals surface area contributed by atoms with Crippen molar-refractivity contribution in [3.05, 3.63) is 54.6 Å². The smallest absolute Gasteiger partial charge is 0.321 e. The van der Waals surface area contributed by atoms with Crippen molar-refractivity contribution in [2.75, 3.05) is 29.0 Å². The van der Waals surface area contributed by atoms with E-state index in [1.54, 1.807) is 4.90 Å². The Morgan fingerprint density at radius 1 is 0.742 bits per heavy atom. The van der Waals surface area contributed by atoms with Crippen molar-refractivity contribution < 1.29 is 9.59 Å². The van der Waals surface area contributed by atoms with E-state index in [-0.39, 0.29) is 17.9 Å². The molecule has 1 aliphatic carbocycles. The molecule has 0 radical (unpaired) electrons. The number of nitrogens with zero attached hydrogens (tertiary/aromatic N) is 1. The van der Waals surface area contributed by atoms with Crippen LogP contribution in [0.5, 0.6) is 0 Å². The maximum atomic E-state index is 12.8. The number of likely N-dealkylation sites (tertiary alicyclic amines) is 1. The Balaban J connectivity index is 1.28. The van der Waals surface area contributed by atoms with Gasteiger partial charge in [0, 0.05) is 36.2 Å². The second-order valence-corrected chi connectivity index (χ2v) is 8.63. The third-order valence-corrected chi connectivity index (χ3v) is 6.23. The van der Waals surface area contributed by atoms with Crippen molar-refractivity contribution in [2.45, 2.75) is 51.0 Å². The summed E-state index contributed by atoms with van der Waals surface area (Å²) in [7, 11) is 0. The Hall–Kier alpha value is -3.02. The Morgan fingerprint density at radius 2 is 1.42 bits per heavy atom. The maximum Gasteiger partial charge on any atom is 0.321 e. The van der Waals surface area contributed by atoms with Crippen LogP contribution in [0.2, 0.25) is 0 Å². The second kappa shape index (κ2) is 10.3. The van der Waals surface area contributed by atoms with E-state index < -0.39 is 0 Å². The topological polar surface area (TPSA) is 73.5 Å². The second-order valence-electron chi connectivity index (χ2n) is 8.63. The Morgan fingerprint density at radius 3 is 2.16 bits per heavy atom. The Labute approximate surface area is 184 Å². The van der Waals surface area contributed by atoms with Crippen LogP contribution in [0.3, 0.4) is 0 Å². The molecule has 164 valence electrons. The van der Waals surface area contributed by atoms with Gasteiger partial charge < -0.3 is 20.9 Å². The first-order valence-electron chi connectivity index (χ1n) is 11.5. The highest BCUT2D eigenvalue weighted by atomic mass is 16.2. The van der Waals surface area contributed by atoms with Crippen molar-refractivity contribution >= 4 is 29.0 Å². The van der Waals surface area contributed by atoms with Gasteiger partial charge in [0.25, 0.3) is 0 Å². The summed E-state index contributed by atoms with van der Waals surface area (Å²) in [5.74, 6) is -0.222. The number of anilines is 3. The highest BCUT2D eigenvalue weighted by Crippen LogP contribution is 2.24. The molecule has 0 spiro atoms. The quantitative estimate of drug-likeness (QED) is 0.613. The fraction of sp³-hybridized carbons (Fsp3) is 0.440. The summed E-state index contributed by atoms with van der Waals surface area (Å²) in [6.45, 7) is 1.11. The molecule has 1 unspecified atom stereocenters. The van der Waals surface area contributed by atoms with Crippen LogP contribution in [0.4, 0.5) is 21.9 Å². The van der Waals surface area contributed by atoms with Gasteiger partial charge in [0.05, 0.1) is 5.92 Å². The molecule has 4 rings (SSSR count). The number of benzene rings is 2. The molecule has 6 heteroatoms. The van der Waals surface area contributed by atoms with Crippen LogP contribution in [0.1, 0.15) is 44.9 Å². The summed E-state index contributed by atoms with van der Waals surface area (Å²) in [5, 5.41) is 9.53. The summed E-state index contributed by atoms with van der Waals surface area (Å²) in [6.07, 6.45) is 8.02. The predicted octanol–water partition coefficient (Wildman–Crippen LogP) is 5.31. The lowest BCUT2D eigenvalue weighted by Crippen LogP contribution is -2.45. The fourth-order valence-corrected chi connectivity index (χ4v) is 4.48. The first kappa shape index (κ1) is 21.2. The van der Waals surface area contributed by atoms with Crippen molar-refractivity contribution in [1.82, 2.24) is 4.90 Å². The lowest BCUT2D eigenvalue weighted by molar-refractivity contribution is -0.121. The molecule has 6 nitrogen and oxygen atoms in total. The summed E-state index contributed by atoms with van der Waals surface area (Å²) >= 11 is 0. The SMILES string of the molecule is O=C(Nc1ccc(NC2CCCCC2)cc1)C1CCCN(C(=O)Nc2ccccc2)C1. The third kappa shape index (κ3) is 6.00. The molecular formula is C25H32N4O2. The highest BCUT2D eigenvalue weighted by Gasteiger charge is 2.28. The van der Waals surface area contributed by atoms with Crippen LogP contribution in [0, 0.1) is 5.92 Å². The Bertz CT molecular complexity index is 863. The number of carbonyl (C=O) groups excluding carboxylic acids is 2. The number of urea groups is 1. The minimum atomic E-state index is -0.199. The van der Waals surface area contributed by atoms with Gasteiger partial charge in [0.15, 0.2) is 0 Å². The van der Waals surface area contributed by atoms with Crippen LogP contribution < -0.4 is 16.0 Å². The van der Waals surface area contributed by atoms with Gasteiger partial charge in [-0.25, -0.2) is 4.79 Å². The molecule has 31 heavy (non-hydrogen) atoms. The number of hydrogen-bond donors (Lipinski definition) is 3. The number of para-hydroxylation sites is 1. The molecule has 1 heterocycles. The third-order valence-electron chi connectivity index (χ3n) is 6.23. The average Bonchev–Trinajstić information content (AvgIpc) is 2.82. The molecular weight excluding hydrogens is 388 g/mol. The van der Waals surface area contributed by atoms with Gasteiger partial charge in [-0.3, -0.25) is 4.79 Å². The van der Waals surface area contributed by atoms with Gasteiger partial charge in [0.2, 0.25) is 5.91 Å². The van der Waals surface area contributed by atoms with Gasteiger partial charge in [-0.05, 0) is 62.1 Å². The van der Waals surface area contributed by atoms with E-state index in [1.165, 1.54) is 32.1 Å². The van der Waals surface area contributed by atoms with E-state index in [1.807, 2.05) is 54.6 Å². The molecule has 1 saturated heterocycles. The maximum absolute atomic E-state index is 12.8. The number of hydrogen-bond acceptors (Lipinski definition) is 3. The van der Waals surface area contributed by atoms with E-state index in [0.29, 0.717) is 19.1 Å². The van der Waals surface area contributed by atoms with E-state index >= 15 is 0 Å². The van der Waals surface area contributed by atoms with Crippen molar-refractivity contribution in [1.29, 1.82) is 0 Å². The van der Waals surface area contributed by atoms with Crippen LogP contribution in [-0.4, -0.2) is 36.0 Å². The molecule has 2 aliphatic rings. The molecule has 0 aromatic heterocycles. The van der Waals surface area contributed by atoms with Crippen LogP contribution in [-0.2, 0) is 4.79 Å². The summed E-state index contributed by atoms with van der Waals surface area (Å²) in [6, 6.07) is 17.8. The van der Waals surface area contributed by atoms with Crippen LogP contribution >= 0.6 is 0 Å². The van der Waals surface area contributed by atoms with Gasteiger partial charge in [-0.2, -0.15) is 0 Å². The van der Waals surface area contributed by atoms with Gasteiger partial charge in [-0.1, -0.05) is 37.5 Å². The highest BCUT2D eigenvalue weighted by molar-refractivity contribution is 5.94. The lowest BCUT2D eigenvalue weighted by Gasteiger charge is -2.32. The minimum absolute atomic E-state index is 0.0230. The normalized spacial score (nSPS) is 19.5. The molecule has 3 N–H and O–H groups in total. The Kier molecular flexibility index (Phi) is 7.07. The van der Waals surface area contributed by atoms with E-state index in [4.69, 9.17) is 0 Å². The van der Waals surface area contributed by atoms with Gasteiger partial charge >= 0.3 is 6.03 Å². The molecule has 1 atom stereocenters. The monoisotopic (exact) mass is 420 g/mol. The number of carbonyl (C=O) groups is 2. The molecule has 2 aromatic carbocycles. The summed E-state index contributed by atoms with van der Waals surface area (Å²) < 4.78 is 0. The number of amides is 3. The number of rotatable bonds is 5. The zero-order chi connectivity index (χ0) is 21.5. The van der Waals surface area contributed by atoms with Crippen molar-refractivity contribution in [3.63, 3.8) is 0 Å². The van der Waals surface area contributed by atoms with Crippen molar-refractivity contribution in [3.8, 4) is 0 Å². The van der Waals surface area contributed by atoms with Gasteiger partial charge in [-0.15, -0.1) is 0 Å². The van der Waals surface area contributed by atoms with Crippen LogP contribution in [0.15, 0.2) is 54.6 Å². The average molecular weight is 421 g/mol. The number of piperidine rings is 1. The zero-order valence-electron chi connectivity index (χ0n) is 18.0. The minimum Gasteiger partial charge on any atom is -0.382 e. The van der Waals surface area contributed by atoms with E-state index in [2.05, 4.69) is 16.0 Å². The van der Waals surface area contributed by atoms with E-state index in [0.717, 1.165) is 29.9 Å². The van der Waals surface area contributed by atoms with E-state index in [9.17, 15) is 9.59 Å². The molecule has 1 saturated carbocycles. The molecule has 0 bridgehead atoms. The van der Waals surface area contributed by atoms with Crippen molar-refractivity contribution in [2.24, 2.45) is 5.92 Å². The number of nitrogens with one attached hydrogen (secondary N) is 3. The largest absolute Gasteiger partial charge is 0.382 e. The molecule has 1 aliphatic heterocycles. The molecule has 3 amide bonds. The standard InChI is InChI=1S/C25H32N4O2/c30-24(27-23-15-13-22(14-16-23)26-20-9-3-1-4-10-20)19-8-7-17-29(18-19)25(31)28-21-11-5-2-6-12-21/h2,5-6,11-16,19-20,26H,1,3-4,7-10,17-18H2,(H,27,30)(H,28,31). The predicted molar refractivity (Wildman–Crippen MR) is 125 cm³/mol. The lowest BCUT2D eigenvalue weighted by atomic mass is 9.95. The summed E-state index contributed by atoms with van der Waals surface area (Å²) in [5.41, 5.74) is 2.66.